The maximum absolute atomic E-state index is 11.8. The Morgan fingerprint density at radius 3 is 2.78 bits per heavy atom. The second-order valence-corrected chi connectivity index (χ2v) is 4.31. The van der Waals surface area contributed by atoms with E-state index in [2.05, 4.69) is 4.98 Å². The number of pyridine rings is 1. The second-order valence-electron chi connectivity index (χ2n) is 4.31. The molecule has 0 saturated heterocycles. The van der Waals surface area contributed by atoms with Gasteiger partial charge in [0.1, 0.15) is 0 Å². The van der Waals surface area contributed by atoms with Crippen LogP contribution in [0.4, 0.5) is 0 Å². The fourth-order valence-corrected chi connectivity index (χ4v) is 2.11. The third-order valence-corrected chi connectivity index (χ3v) is 3.10. The summed E-state index contributed by atoms with van der Waals surface area (Å²) in [6.45, 7) is 0.572. The molecule has 4 nitrogen and oxygen atoms in total. The molecular formula is C14H13N3O. The molecule has 3 rings (SSSR count). The van der Waals surface area contributed by atoms with Crippen molar-refractivity contribution in [2.24, 2.45) is 7.05 Å². The van der Waals surface area contributed by atoms with Crippen LogP contribution < -0.4 is 5.69 Å². The molecular weight excluding hydrogens is 226 g/mol. The van der Waals surface area contributed by atoms with Gasteiger partial charge in [0.25, 0.3) is 0 Å². The highest BCUT2D eigenvalue weighted by Gasteiger charge is 2.04. The molecule has 1 aromatic carbocycles. The van der Waals surface area contributed by atoms with Crippen LogP contribution in [0.5, 0.6) is 0 Å². The molecule has 0 radical (unpaired) electrons. The van der Waals surface area contributed by atoms with Crippen LogP contribution in [0.2, 0.25) is 0 Å². The molecule has 0 aliphatic rings. The van der Waals surface area contributed by atoms with E-state index in [0.717, 1.165) is 16.5 Å². The SMILES string of the molecule is Cn1ccn(Cc2ccnc3ccccc23)c1=O. The Balaban J connectivity index is 2.10. The molecule has 0 saturated carbocycles. The molecule has 0 fully saturated rings. The zero-order chi connectivity index (χ0) is 12.5. The van der Waals surface area contributed by atoms with Gasteiger partial charge in [-0.1, -0.05) is 18.2 Å². The quantitative estimate of drug-likeness (QED) is 0.684. The van der Waals surface area contributed by atoms with Crippen molar-refractivity contribution in [3.8, 4) is 0 Å². The van der Waals surface area contributed by atoms with Crippen molar-refractivity contribution < 1.29 is 0 Å². The predicted molar refractivity (Wildman–Crippen MR) is 70.5 cm³/mol. The summed E-state index contributed by atoms with van der Waals surface area (Å²) in [6.07, 6.45) is 5.36. The van der Waals surface area contributed by atoms with Gasteiger partial charge in [-0.25, -0.2) is 4.79 Å². The van der Waals surface area contributed by atoms with Crippen molar-refractivity contribution >= 4 is 10.9 Å². The molecule has 0 spiro atoms. The summed E-state index contributed by atoms with van der Waals surface area (Å²) in [5.41, 5.74) is 2.06. The van der Waals surface area contributed by atoms with E-state index in [1.165, 1.54) is 0 Å². The Kier molecular flexibility index (Phi) is 2.48. The number of hydrogen-bond donors (Lipinski definition) is 0. The molecule has 4 heteroatoms. The van der Waals surface area contributed by atoms with E-state index in [9.17, 15) is 4.79 Å². The van der Waals surface area contributed by atoms with Gasteiger partial charge in [-0.15, -0.1) is 0 Å². The van der Waals surface area contributed by atoms with E-state index in [1.54, 1.807) is 34.8 Å². The van der Waals surface area contributed by atoms with Crippen molar-refractivity contribution in [3.05, 3.63) is 65.0 Å². The van der Waals surface area contributed by atoms with Crippen LogP contribution in [-0.4, -0.2) is 14.1 Å². The number of imidazole rings is 1. The minimum absolute atomic E-state index is 0.00380. The van der Waals surface area contributed by atoms with Crippen LogP contribution in [0.1, 0.15) is 5.56 Å². The topological polar surface area (TPSA) is 39.8 Å². The minimum atomic E-state index is -0.00380. The van der Waals surface area contributed by atoms with E-state index in [1.807, 2.05) is 30.3 Å². The van der Waals surface area contributed by atoms with Crippen LogP contribution in [0, 0.1) is 0 Å². The predicted octanol–water partition coefficient (Wildman–Crippen LogP) is 1.78. The van der Waals surface area contributed by atoms with Gasteiger partial charge in [0.2, 0.25) is 0 Å². The molecule has 2 aromatic heterocycles. The molecule has 3 aromatic rings. The summed E-state index contributed by atoms with van der Waals surface area (Å²) < 4.78 is 3.27. The molecule has 0 aliphatic carbocycles. The van der Waals surface area contributed by atoms with Gasteiger partial charge in [0, 0.05) is 31.0 Å². The van der Waals surface area contributed by atoms with E-state index in [-0.39, 0.29) is 5.69 Å². The van der Waals surface area contributed by atoms with Gasteiger partial charge in [0.05, 0.1) is 12.1 Å². The first-order valence-corrected chi connectivity index (χ1v) is 5.80. The van der Waals surface area contributed by atoms with Gasteiger partial charge < -0.3 is 4.57 Å². The fraction of sp³-hybridized carbons (Fsp3) is 0.143. The molecule has 2 heterocycles. The van der Waals surface area contributed by atoms with Crippen molar-refractivity contribution in [2.75, 3.05) is 0 Å². The smallest absolute Gasteiger partial charge is 0.302 e. The Hall–Kier alpha value is -2.36. The number of aryl methyl sites for hydroxylation is 1. The number of para-hydroxylation sites is 1. The van der Waals surface area contributed by atoms with E-state index in [4.69, 9.17) is 0 Å². The lowest BCUT2D eigenvalue weighted by molar-refractivity contribution is 0.720. The summed E-state index contributed by atoms with van der Waals surface area (Å²) >= 11 is 0. The number of nitrogens with zero attached hydrogens (tertiary/aromatic N) is 3. The van der Waals surface area contributed by atoms with Crippen molar-refractivity contribution in [2.45, 2.75) is 6.54 Å². The van der Waals surface area contributed by atoms with Crippen LogP contribution >= 0.6 is 0 Å². The Morgan fingerprint density at radius 2 is 2.00 bits per heavy atom. The molecule has 0 unspecified atom stereocenters. The highest BCUT2D eigenvalue weighted by atomic mass is 16.1. The lowest BCUT2D eigenvalue weighted by Gasteiger charge is -2.05. The van der Waals surface area contributed by atoms with Gasteiger partial charge >= 0.3 is 5.69 Å². The molecule has 0 bridgehead atoms. The zero-order valence-electron chi connectivity index (χ0n) is 10.1. The lowest BCUT2D eigenvalue weighted by atomic mass is 10.1. The summed E-state index contributed by atoms with van der Waals surface area (Å²) in [7, 11) is 1.75. The van der Waals surface area contributed by atoms with Crippen molar-refractivity contribution in [1.82, 2.24) is 14.1 Å². The number of hydrogen-bond acceptors (Lipinski definition) is 2. The molecule has 90 valence electrons. The molecule has 0 atom stereocenters. The van der Waals surface area contributed by atoms with Crippen LogP contribution in [0.25, 0.3) is 10.9 Å². The number of aromatic nitrogens is 3. The Bertz CT molecular complexity index is 750. The molecule has 0 aliphatic heterocycles. The summed E-state index contributed by atoms with van der Waals surface area (Å²) in [5.74, 6) is 0. The number of benzene rings is 1. The summed E-state index contributed by atoms with van der Waals surface area (Å²) in [4.78, 5) is 16.1. The van der Waals surface area contributed by atoms with Gasteiger partial charge in [-0.2, -0.15) is 0 Å². The first kappa shape index (κ1) is 10.8. The fourth-order valence-electron chi connectivity index (χ4n) is 2.11. The summed E-state index contributed by atoms with van der Waals surface area (Å²) in [6, 6.07) is 9.93. The first-order chi connectivity index (χ1) is 8.75. The molecule has 0 amide bonds. The summed E-state index contributed by atoms with van der Waals surface area (Å²) in [5, 5.41) is 1.09. The van der Waals surface area contributed by atoms with Gasteiger partial charge in [-0.3, -0.25) is 9.55 Å². The standard InChI is InChI=1S/C14H13N3O/c1-16-8-9-17(14(16)18)10-11-6-7-15-13-5-3-2-4-12(11)13/h2-9H,10H2,1H3. The van der Waals surface area contributed by atoms with Crippen LogP contribution in [0.15, 0.2) is 53.7 Å². The average Bonchev–Trinajstić information content (AvgIpc) is 2.71. The normalized spacial score (nSPS) is 10.9. The monoisotopic (exact) mass is 239 g/mol. The van der Waals surface area contributed by atoms with Crippen LogP contribution in [0.3, 0.4) is 0 Å². The van der Waals surface area contributed by atoms with E-state index < -0.39 is 0 Å². The number of rotatable bonds is 2. The first-order valence-electron chi connectivity index (χ1n) is 5.80. The molecule has 0 N–H and O–H groups in total. The Labute approximate surface area is 104 Å². The highest BCUT2D eigenvalue weighted by Crippen LogP contribution is 2.16. The Morgan fingerprint density at radius 1 is 1.17 bits per heavy atom. The van der Waals surface area contributed by atoms with Gasteiger partial charge in [0.15, 0.2) is 0 Å². The molecule has 18 heavy (non-hydrogen) atoms. The largest absolute Gasteiger partial charge is 0.328 e. The van der Waals surface area contributed by atoms with Crippen molar-refractivity contribution in [3.63, 3.8) is 0 Å². The van der Waals surface area contributed by atoms with Crippen molar-refractivity contribution in [1.29, 1.82) is 0 Å². The lowest BCUT2D eigenvalue weighted by Crippen LogP contribution is -2.22. The van der Waals surface area contributed by atoms with E-state index in [0.29, 0.717) is 6.54 Å². The average molecular weight is 239 g/mol. The maximum Gasteiger partial charge on any atom is 0.328 e. The highest BCUT2D eigenvalue weighted by molar-refractivity contribution is 5.81. The van der Waals surface area contributed by atoms with E-state index >= 15 is 0 Å². The third-order valence-electron chi connectivity index (χ3n) is 3.10. The maximum atomic E-state index is 11.8. The second kappa shape index (κ2) is 4.14. The van der Waals surface area contributed by atoms with Crippen LogP contribution in [-0.2, 0) is 13.6 Å². The van der Waals surface area contributed by atoms with Gasteiger partial charge in [-0.05, 0) is 17.7 Å². The third kappa shape index (κ3) is 1.72. The number of fused-ring (bicyclic) bond motifs is 1. The minimum Gasteiger partial charge on any atom is -0.302 e. The zero-order valence-corrected chi connectivity index (χ0v) is 10.1.